The molecular formula is C25H19N. The smallest absolute Gasteiger partial charge is 0.0566 e. The van der Waals surface area contributed by atoms with Crippen molar-refractivity contribution in [3.8, 4) is 0 Å². The van der Waals surface area contributed by atoms with Gasteiger partial charge in [-0.2, -0.15) is 0 Å². The van der Waals surface area contributed by atoms with E-state index in [1.165, 1.54) is 33.6 Å². The normalized spacial score (nSPS) is 22.9. The number of hydrogen-bond donors (Lipinski definition) is 1. The zero-order valence-corrected chi connectivity index (χ0v) is 14.4. The molecule has 0 saturated carbocycles. The number of hydrogen-bond acceptors (Lipinski definition) is 1. The number of rotatable bonds is 0. The lowest BCUT2D eigenvalue weighted by atomic mass is 9.61. The van der Waals surface area contributed by atoms with E-state index in [4.69, 9.17) is 0 Å². The van der Waals surface area contributed by atoms with Gasteiger partial charge in [-0.15, -0.1) is 0 Å². The van der Waals surface area contributed by atoms with Gasteiger partial charge in [-0.05, 0) is 34.4 Å². The monoisotopic (exact) mass is 333 g/mol. The molecule has 1 spiro atoms. The molecule has 6 rings (SSSR count). The Bertz CT molecular complexity index is 1040. The van der Waals surface area contributed by atoms with Crippen LogP contribution in [0.15, 0.2) is 97.1 Å². The van der Waals surface area contributed by atoms with E-state index in [-0.39, 0.29) is 5.41 Å². The Morgan fingerprint density at radius 1 is 0.615 bits per heavy atom. The van der Waals surface area contributed by atoms with Gasteiger partial charge < -0.3 is 5.32 Å². The van der Waals surface area contributed by atoms with E-state index in [9.17, 15) is 0 Å². The van der Waals surface area contributed by atoms with Crippen molar-refractivity contribution >= 4 is 11.4 Å². The number of allylic oxidation sites excluding steroid dienone is 4. The lowest BCUT2D eigenvalue weighted by Crippen LogP contribution is -2.38. The van der Waals surface area contributed by atoms with Crippen LogP contribution in [0.5, 0.6) is 0 Å². The van der Waals surface area contributed by atoms with Gasteiger partial charge >= 0.3 is 0 Å². The summed E-state index contributed by atoms with van der Waals surface area (Å²) in [5.41, 5.74) is 8.00. The minimum atomic E-state index is -0.138. The molecule has 2 atom stereocenters. The molecule has 124 valence electrons. The SMILES string of the molecule is C1=CC2c3ccccc3C3(c4ccccc4Nc4ccccc43)C2C=C1. The summed E-state index contributed by atoms with van der Waals surface area (Å²) >= 11 is 0. The third kappa shape index (κ3) is 1.56. The summed E-state index contributed by atoms with van der Waals surface area (Å²) in [6.45, 7) is 0. The van der Waals surface area contributed by atoms with E-state index in [1.54, 1.807) is 0 Å². The van der Waals surface area contributed by atoms with Crippen molar-refractivity contribution in [2.75, 3.05) is 5.32 Å². The van der Waals surface area contributed by atoms with E-state index >= 15 is 0 Å². The molecule has 1 aliphatic heterocycles. The number of anilines is 2. The van der Waals surface area contributed by atoms with Crippen molar-refractivity contribution in [2.45, 2.75) is 11.3 Å². The molecular weight excluding hydrogens is 314 g/mol. The van der Waals surface area contributed by atoms with Crippen LogP contribution in [0.25, 0.3) is 0 Å². The van der Waals surface area contributed by atoms with Crippen molar-refractivity contribution in [1.29, 1.82) is 0 Å². The number of nitrogens with one attached hydrogen (secondary N) is 1. The first-order valence-electron chi connectivity index (χ1n) is 9.31. The van der Waals surface area contributed by atoms with Crippen molar-refractivity contribution in [3.63, 3.8) is 0 Å². The van der Waals surface area contributed by atoms with Gasteiger partial charge in [0.25, 0.3) is 0 Å². The molecule has 0 radical (unpaired) electrons. The Kier molecular flexibility index (Phi) is 2.71. The minimum Gasteiger partial charge on any atom is -0.355 e. The van der Waals surface area contributed by atoms with Crippen LogP contribution in [0, 0.1) is 5.92 Å². The zero-order valence-electron chi connectivity index (χ0n) is 14.4. The quantitative estimate of drug-likeness (QED) is 0.538. The molecule has 0 saturated heterocycles. The second-order valence-electron chi connectivity index (χ2n) is 7.43. The Morgan fingerprint density at radius 2 is 1.19 bits per heavy atom. The summed E-state index contributed by atoms with van der Waals surface area (Å²) in [6.07, 6.45) is 9.23. The fourth-order valence-electron chi connectivity index (χ4n) is 5.46. The maximum atomic E-state index is 3.68. The van der Waals surface area contributed by atoms with Crippen LogP contribution in [0.2, 0.25) is 0 Å². The van der Waals surface area contributed by atoms with Gasteiger partial charge in [-0.1, -0.05) is 85.0 Å². The summed E-state index contributed by atoms with van der Waals surface area (Å²) < 4.78 is 0. The molecule has 3 aliphatic rings. The Morgan fingerprint density at radius 3 is 1.92 bits per heavy atom. The Hall–Kier alpha value is -3.06. The number of benzene rings is 3. The van der Waals surface area contributed by atoms with Gasteiger partial charge in [0.15, 0.2) is 0 Å². The fourth-order valence-corrected chi connectivity index (χ4v) is 5.46. The Balaban J connectivity index is 1.80. The highest BCUT2D eigenvalue weighted by atomic mass is 14.9. The molecule has 3 aromatic carbocycles. The second-order valence-corrected chi connectivity index (χ2v) is 7.43. The molecule has 2 unspecified atom stereocenters. The van der Waals surface area contributed by atoms with Crippen molar-refractivity contribution in [1.82, 2.24) is 0 Å². The predicted molar refractivity (Wildman–Crippen MR) is 107 cm³/mol. The van der Waals surface area contributed by atoms with Gasteiger partial charge in [-0.25, -0.2) is 0 Å². The zero-order chi connectivity index (χ0) is 17.1. The van der Waals surface area contributed by atoms with Crippen LogP contribution >= 0.6 is 0 Å². The van der Waals surface area contributed by atoms with Gasteiger partial charge in [0.1, 0.15) is 0 Å². The van der Waals surface area contributed by atoms with Crippen LogP contribution < -0.4 is 5.32 Å². The van der Waals surface area contributed by atoms with Gasteiger partial charge in [-0.3, -0.25) is 0 Å². The molecule has 0 amide bonds. The third-order valence-corrected chi connectivity index (χ3v) is 6.35. The summed E-state index contributed by atoms with van der Waals surface area (Å²) in [5.74, 6) is 0.824. The van der Waals surface area contributed by atoms with Crippen molar-refractivity contribution < 1.29 is 0 Å². The van der Waals surface area contributed by atoms with E-state index in [0.717, 1.165) is 0 Å². The van der Waals surface area contributed by atoms with Crippen LogP contribution in [0.4, 0.5) is 11.4 Å². The molecule has 2 aliphatic carbocycles. The minimum absolute atomic E-state index is 0.138. The van der Waals surface area contributed by atoms with Crippen LogP contribution in [-0.4, -0.2) is 0 Å². The largest absolute Gasteiger partial charge is 0.355 e. The molecule has 0 aromatic heterocycles. The summed E-state index contributed by atoms with van der Waals surface area (Å²) in [7, 11) is 0. The predicted octanol–water partition coefficient (Wildman–Crippen LogP) is 5.92. The molecule has 1 nitrogen and oxygen atoms in total. The average molecular weight is 333 g/mol. The number of fused-ring (bicyclic) bond motifs is 9. The van der Waals surface area contributed by atoms with E-state index in [2.05, 4.69) is 102 Å². The van der Waals surface area contributed by atoms with Gasteiger partial charge in [0.2, 0.25) is 0 Å². The highest BCUT2D eigenvalue weighted by molar-refractivity contribution is 5.81. The van der Waals surface area contributed by atoms with Crippen LogP contribution in [0.3, 0.4) is 0 Å². The first kappa shape index (κ1) is 14.1. The molecule has 1 heterocycles. The van der Waals surface area contributed by atoms with E-state index in [1.807, 2.05) is 0 Å². The molecule has 3 aromatic rings. The number of para-hydroxylation sites is 2. The second kappa shape index (κ2) is 4.98. The molecule has 1 N–H and O–H groups in total. The molecule has 0 fully saturated rings. The average Bonchev–Trinajstić information content (AvgIpc) is 3.00. The standard InChI is InChI=1S/C25H19N/c1-3-11-19-17(9-1)18-10-2-4-12-20(18)25(19)21-13-5-7-15-23(21)26-24-16-8-6-14-22(24)25/h1-17,19,26H. The van der Waals surface area contributed by atoms with Crippen LogP contribution in [0.1, 0.15) is 28.2 Å². The lowest BCUT2D eigenvalue weighted by molar-refractivity contribution is 0.456. The first-order chi connectivity index (χ1) is 12.9. The summed E-state index contributed by atoms with van der Waals surface area (Å²) in [5, 5.41) is 3.68. The fraction of sp³-hybridized carbons (Fsp3) is 0.120. The highest BCUT2D eigenvalue weighted by Gasteiger charge is 2.55. The molecule has 0 bridgehead atoms. The first-order valence-corrected chi connectivity index (χ1v) is 9.31. The topological polar surface area (TPSA) is 12.0 Å². The summed E-state index contributed by atoms with van der Waals surface area (Å²) in [4.78, 5) is 0. The lowest BCUT2D eigenvalue weighted by Gasteiger charge is -2.43. The van der Waals surface area contributed by atoms with Gasteiger partial charge in [0.05, 0.1) is 5.41 Å². The highest BCUT2D eigenvalue weighted by Crippen LogP contribution is 2.63. The Labute approximate surface area is 153 Å². The maximum Gasteiger partial charge on any atom is 0.0566 e. The van der Waals surface area contributed by atoms with Gasteiger partial charge in [0, 0.05) is 23.2 Å². The third-order valence-electron chi connectivity index (χ3n) is 6.35. The van der Waals surface area contributed by atoms with Crippen molar-refractivity contribution in [3.05, 3.63) is 119 Å². The van der Waals surface area contributed by atoms with E-state index in [0.29, 0.717) is 11.8 Å². The van der Waals surface area contributed by atoms with E-state index < -0.39 is 0 Å². The van der Waals surface area contributed by atoms with Crippen LogP contribution in [-0.2, 0) is 5.41 Å². The molecule has 26 heavy (non-hydrogen) atoms. The van der Waals surface area contributed by atoms with Crippen molar-refractivity contribution in [2.24, 2.45) is 5.92 Å². The summed E-state index contributed by atoms with van der Waals surface area (Å²) in [6, 6.07) is 26.7. The maximum absolute atomic E-state index is 3.68. The molecule has 1 heteroatoms.